The predicted molar refractivity (Wildman–Crippen MR) is 121 cm³/mol. The van der Waals surface area contributed by atoms with E-state index in [1.54, 1.807) is 54.6 Å². The zero-order valence-corrected chi connectivity index (χ0v) is 17.8. The molecule has 0 saturated carbocycles. The fraction of sp³-hybridized carbons (Fsp3) is 0.182. The Bertz CT molecular complexity index is 1050. The average Bonchev–Trinajstić information content (AvgIpc) is 3.23. The van der Waals surface area contributed by atoms with Crippen LogP contribution in [0.4, 0.5) is 5.69 Å². The maximum atomic E-state index is 12.5. The minimum absolute atomic E-state index is 0.106. The van der Waals surface area contributed by atoms with Crippen LogP contribution in [0.3, 0.4) is 0 Å². The molecule has 0 bridgehead atoms. The van der Waals surface area contributed by atoms with Crippen LogP contribution in [0.25, 0.3) is 11.3 Å². The second kappa shape index (κ2) is 10.2. The van der Waals surface area contributed by atoms with Crippen LogP contribution in [0.5, 0.6) is 5.75 Å². The quantitative estimate of drug-likeness (QED) is 0.444. The van der Waals surface area contributed by atoms with E-state index in [0.717, 1.165) is 12.0 Å². The normalized spacial score (nSPS) is 10.5. The van der Waals surface area contributed by atoms with Gasteiger partial charge in [0, 0.05) is 11.1 Å². The van der Waals surface area contributed by atoms with E-state index < -0.39 is 0 Å². The molecule has 6 nitrogen and oxygen atoms in total. The summed E-state index contributed by atoms with van der Waals surface area (Å²) in [6, 6.07) is 15.6. The Labute approximate surface area is 184 Å². The van der Waals surface area contributed by atoms with Gasteiger partial charge in [-0.15, -0.1) is 0 Å². The van der Waals surface area contributed by atoms with Crippen molar-refractivity contribution in [3.8, 4) is 17.1 Å². The fourth-order valence-electron chi connectivity index (χ4n) is 2.67. The van der Waals surface area contributed by atoms with Crippen molar-refractivity contribution >= 4 is 40.5 Å². The number of furan rings is 1. The van der Waals surface area contributed by atoms with Crippen LogP contribution < -0.4 is 15.4 Å². The van der Waals surface area contributed by atoms with Crippen molar-refractivity contribution in [2.45, 2.75) is 20.0 Å². The largest absolute Gasteiger partial charge is 0.494 e. The number of aliphatic hydroxyl groups excluding tert-OH is 1. The van der Waals surface area contributed by atoms with Crippen molar-refractivity contribution in [1.29, 1.82) is 0 Å². The Morgan fingerprint density at radius 1 is 1.20 bits per heavy atom. The van der Waals surface area contributed by atoms with Gasteiger partial charge in [0.25, 0.3) is 5.91 Å². The highest BCUT2D eigenvalue weighted by atomic mass is 35.5. The van der Waals surface area contributed by atoms with Crippen LogP contribution in [0.1, 0.15) is 29.5 Å². The minimum Gasteiger partial charge on any atom is -0.494 e. The molecule has 0 aliphatic carbocycles. The molecule has 0 spiro atoms. The van der Waals surface area contributed by atoms with Crippen molar-refractivity contribution in [3.05, 3.63) is 70.9 Å². The van der Waals surface area contributed by atoms with Gasteiger partial charge in [0.2, 0.25) is 0 Å². The molecule has 0 aliphatic heterocycles. The molecule has 1 amide bonds. The number of thiocarbonyl (C=S) groups is 1. The first-order valence-electron chi connectivity index (χ1n) is 9.35. The number of rotatable bonds is 7. The van der Waals surface area contributed by atoms with E-state index in [0.29, 0.717) is 40.2 Å². The molecule has 30 heavy (non-hydrogen) atoms. The summed E-state index contributed by atoms with van der Waals surface area (Å²) in [5.41, 5.74) is 1.69. The van der Waals surface area contributed by atoms with Gasteiger partial charge in [-0.3, -0.25) is 10.1 Å². The summed E-state index contributed by atoms with van der Waals surface area (Å²) in [6.45, 7) is 2.41. The Kier molecular flexibility index (Phi) is 7.46. The lowest BCUT2D eigenvalue weighted by Gasteiger charge is -2.12. The molecular weight excluding hydrogens is 424 g/mol. The molecule has 1 heterocycles. The molecule has 156 valence electrons. The van der Waals surface area contributed by atoms with Gasteiger partial charge in [0.1, 0.15) is 23.9 Å². The van der Waals surface area contributed by atoms with E-state index in [4.69, 9.17) is 38.1 Å². The van der Waals surface area contributed by atoms with Crippen LogP contribution >= 0.6 is 23.8 Å². The summed E-state index contributed by atoms with van der Waals surface area (Å²) in [5.74, 6) is 1.31. The van der Waals surface area contributed by atoms with E-state index in [2.05, 4.69) is 10.6 Å². The second-order valence-corrected chi connectivity index (χ2v) is 7.22. The summed E-state index contributed by atoms with van der Waals surface area (Å²) in [4.78, 5) is 12.5. The smallest absolute Gasteiger partial charge is 0.257 e. The zero-order valence-electron chi connectivity index (χ0n) is 16.3. The van der Waals surface area contributed by atoms with Crippen molar-refractivity contribution in [1.82, 2.24) is 5.32 Å². The molecule has 3 aromatic rings. The molecule has 0 unspecified atom stereocenters. The van der Waals surface area contributed by atoms with Gasteiger partial charge in [-0.1, -0.05) is 24.6 Å². The minimum atomic E-state index is -0.361. The third kappa shape index (κ3) is 5.60. The molecule has 0 atom stereocenters. The Hall–Kier alpha value is -2.87. The molecular formula is C22H21ClN2O4S. The molecule has 0 saturated heterocycles. The summed E-state index contributed by atoms with van der Waals surface area (Å²) < 4.78 is 11.1. The lowest BCUT2D eigenvalue weighted by Crippen LogP contribution is -2.34. The number of amides is 1. The summed E-state index contributed by atoms with van der Waals surface area (Å²) >= 11 is 11.5. The number of halogens is 1. The molecule has 2 aromatic carbocycles. The van der Waals surface area contributed by atoms with Gasteiger partial charge < -0.3 is 19.6 Å². The van der Waals surface area contributed by atoms with E-state index in [-0.39, 0.29) is 17.6 Å². The van der Waals surface area contributed by atoms with Crippen LogP contribution in [0.15, 0.2) is 59.0 Å². The summed E-state index contributed by atoms with van der Waals surface area (Å²) in [5, 5.41) is 15.3. The van der Waals surface area contributed by atoms with E-state index in [9.17, 15) is 4.79 Å². The first kappa shape index (κ1) is 21.8. The first-order chi connectivity index (χ1) is 14.5. The molecule has 8 heteroatoms. The van der Waals surface area contributed by atoms with E-state index >= 15 is 0 Å². The topological polar surface area (TPSA) is 83.7 Å². The monoisotopic (exact) mass is 444 g/mol. The van der Waals surface area contributed by atoms with E-state index in [1.807, 2.05) is 6.92 Å². The Morgan fingerprint density at radius 2 is 2.03 bits per heavy atom. The SMILES string of the molecule is CCCOc1cccc(C(=O)NC(=S)Nc2cc(-c3ccc(CO)o3)ccc2Cl)c1. The van der Waals surface area contributed by atoms with Crippen molar-refractivity contribution < 1.29 is 19.1 Å². The van der Waals surface area contributed by atoms with Crippen LogP contribution in [0.2, 0.25) is 5.02 Å². The molecule has 3 rings (SSSR count). The number of hydrogen-bond donors (Lipinski definition) is 3. The fourth-order valence-corrected chi connectivity index (χ4v) is 3.04. The van der Waals surface area contributed by atoms with E-state index in [1.165, 1.54) is 0 Å². The van der Waals surface area contributed by atoms with Crippen LogP contribution in [-0.4, -0.2) is 22.7 Å². The maximum absolute atomic E-state index is 12.5. The van der Waals surface area contributed by atoms with Crippen LogP contribution in [-0.2, 0) is 6.61 Å². The Morgan fingerprint density at radius 3 is 2.77 bits per heavy atom. The van der Waals surface area contributed by atoms with Crippen molar-refractivity contribution in [2.24, 2.45) is 0 Å². The number of anilines is 1. The van der Waals surface area contributed by atoms with Gasteiger partial charge in [0.05, 0.1) is 17.3 Å². The molecule has 1 aromatic heterocycles. The molecule has 0 fully saturated rings. The highest BCUT2D eigenvalue weighted by Crippen LogP contribution is 2.30. The second-order valence-electron chi connectivity index (χ2n) is 6.40. The predicted octanol–water partition coefficient (Wildman–Crippen LogP) is 5.01. The first-order valence-corrected chi connectivity index (χ1v) is 10.1. The van der Waals surface area contributed by atoms with Crippen LogP contribution in [0, 0.1) is 0 Å². The van der Waals surface area contributed by atoms with Gasteiger partial charge in [-0.2, -0.15) is 0 Å². The van der Waals surface area contributed by atoms with Gasteiger partial charge in [0.15, 0.2) is 5.11 Å². The summed E-state index contributed by atoms with van der Waals surface area (Å²) in [7, 11) is 0. The zero-order chi connectivity index (χ0) is 21.5. The standard InChI is InChI=1S/C22H21ClN2O4S/c1-2-10-28-16-5-3-4-15(11-16)21(27)25-22(30)24-19-12-14(6-8-18(19)23)20-9-7-17(13-26)29-20/h3-9,11-12,26H,2,10,13H2,1H3,(H2,24,25,27,30). The molecule has 0 radical (unpaired) electrons. The third-order valence-corrected chi connectivity index (χ3v) is 4.65. The van der Waals surface area contributed by atoms with Crippen molar-refractivity contribution in [2.75, 3.05) is 11.9 Å². The number of benzene rings is 2. The number of nitrogens with one attached hydrogen (secondary N) is 2. The lowest BCUT2D eigenvalue weighted by molar-refractivity contribution is 0.0977. The van der Waals surface area contributed by atoms with Crippen molar-refractivity contribution in [3.63, 3.8) is 0 Å². The molecule has 0 aliphatic rings. The highest BCUT2D eigenvalue weighted by Gasteiger charge is 2.12. The average molecular weight is 445 g/mol. The van der Waals surface area contributed by atoms with Gasteiger partial charge >= 0.3 is 0 Å². The number of hydrogen-bond acceptors (Lipinski definition) is 5. The lowest BCUT2D eigenvalue weighted by atomic mass is 10.1. The summed E-state index contributed by atoms with van der Waals surface area (Å²) in [6.07, 6.45) is 0.879. The molecule has 3 N–H and O–H groups in total. The number of ether oxygens (including phenoxy) is 1. The number of aliphatic hydroxyl groups is 1. The highest BCUT2D eigenvalue weighted by molar-refractivity contribution is 7.80. The number of carbonyl (C=O) groups excluding carboxylic acids is 1. The maximum Gasteiger partial charge on any atom is 0.257 e. The Balaban J connectivity index is 1.68. The van der Waals surface area contributed by atoms with Gasteiger partial charge in [-0.25, -0.2) is 0 Å². The van der Waals surface area contributed by atoms with Gasteiger partial charge in [-0.05, 0) is 67.2 Å². The third-order valence-electron chi connectivity index (χ3n) is 4.11. The number of carbonyl (C=O) groups is 1.